The lowest BCUT2D eigenvalue weighted by molar-refractivity contribution is -0.383. The van der Waals surface area contributed by atoms with Gasteiger partial charge in [0.2, 0.25) is 11.6 Å². The molecule has 0 saturated carbocycles. The largest absolute Gasteiger partial charge is 0.493 e. The van der Waals surface area contributed by atoms with E-state index in [-0.39, 0.29) is 23.4 Å². The second-order valence-corrected chi connectivity index (χ2v) is 6.56. The number of nitrogens with zero attached hydrogens (tertiary/aromatic N) is 3. The van der Waals surface area contributed by atoms with Crippen LogP contribution in [0.5, 0.6) is 11.5 Å². The smallest absolute Gasteiger partial charge is 0.353 e. The molecule has 1 aromatic heterocycles. The van der Waals surface area contributed by atoms with Gasteiger partial charge < -0.3 is 24.8 Å². The van der Waals surface area contributed by atoms with E-state index in [9.17, 15) is 10.1 Å². The van der Waals surface area contributed by atoms with Crippen molar-refractivity contribution >= 4 is 17.3 Å². The minimum atomic E-state index is -0.476. The van der Waals surface area contributed by atoms with Crippen molar-refractivity contribution in [2.45, 2.75) is 25.4 Å². The van der Waals surface area contributed by atoms with Gasteiger partial charge in [0.15, 0.2) is 11.5 Å². The number of rotatable bonds is 10. The Balaban J connectivity index is 1.65. The molecule has 0 bridgehead atoms. The number of aromatic nitrogens is 2. The average molecular weight is 403 g/mol. The van der Waals surface area contributed by atoms with Gasteiger partial charge in [-0.25, -0.2) is 9.97 Å². The van der Waals surface area contributed by atoms with Crippen LogP contribution < -0.4 is 20.1 Å². The third-order valence-corrected chi connectivity index (χ3v) is 4.68. The fraction of sp³-hybridized carbons (Fsp3) is 0.474. The summed E-state index contributed by atoms with van der Waals surface area (Å²) in [5.74, 6) is 1.66. The highest BCUT2D eigenvalue weighted by Gasteiger charge is 2.24. The topological polar surface area (TPSA) is 121 Å². The molecule has 1 fully saturated rings. The van der Waals surface area contributed by atoms with Crippen LogP contribution >= 0.6 is 0 Å². The van der Waals surface area contributed by atoms with E-state index in [0.717, 1.165) is 25.0 Å². The van der Waals surface area contributed by atoms with Crippen molar-refractivity contribution in [1.82, 2.24) is 9.97 Å². The number of methoxy groups -OCH3 is 2. The number of hydrogen-bond donors (Lipinski definition) is 2. The molecule has 0 radical (unpaired) electrons. The van der Waals surface area contributed by atoms with E-state index in [1.165, 1.54) is 6.33 Å². The molecule has 1 aliphatic rings. The molecule has 156 valence electrons. The van der Waals surface area contributed by atoms with E-state index in [4.69, 9.17) is 14.2 Å². The SMILES string of the molecule is COc1ccc(CCNc2ncnc(NCC3CCCO3)c2[N+](=O)[O-])cc1OC. The van der Waals surface area contributed by atoms with Gasteiger partial charge in [-0.3, -0.25) is 10.1 Å². The van der Waals surface area contributed by atoms with Gasteiger partial charge in [-0.15, -0.1) is 0 Å². The lowest BCUT2D eigenvalue weighted by atomic mass is 10.1. The van der Waals surface area contributed by atoms with Crippen molar-refractivity contribution in [3.63, 3.8) is 0 Å². The fourth-order valence-electron chi connectivity index (χ4n) is 3.19. The van der Waals surface area contributed by atoms with Gasteiger partial charge in [0, 0.05) is 19.7 Å². The first-order chi connectivity index (χ1) is 14.1. The van der Waals surface area contributed by atoms with Crippen LogP contribution in [0.25, 0.3) is 0 Å². The Morgan fingerprint density at radius 1 is 1.21 bits per heavy atom. The highest BCUT2D eigenvalue weighted by atomic mass is 16.6. The van der Waals surface area contributed by atoms with Crippen molar-refractivity contribution in [3.8, 4) is 11.5 Å². The first-order valence-corrected chi connectivity index (χ1v) is 9.42. The normalized spacial score (nSPS) is 15.7. The van der Waals surface area contributed by atoms with E-state index in [2.05, 4.69) is 20.6 Å². The average Bonchev–Trinajstić information content (AvgIpc) is 3.25. The van der Waals surface area contributed by atoms with Crippen LogP contribution in [-0.4, -0.2) is 54.9 Å². The Hall–Kier alpha value is -3.14. The summed E-state index contributed by atoms with van der Waals surface area (Å²) in [6.07, 6.45) is 3.92. The minimum absolute atomic E-state index is 0.0473. The van der Waals surface area contributed by atoms with Gasteiger partial charge in [0.1, 0.15) is 6.33 Å². The van der Waals surface area contributed by atoms with Gasteiger partial charge in [0.25, 0.3) is 0 Å². The molecule has 29 heavy (non-hydrogen) atoms. The maximum Gasteiger partial charge on any atom is 0.353 e. The zero-order chi connectivity index (χ0) is 20.6. The second-order valence-electron chi connectivity index (χ2n) is 6.56. The molecule has 0 spiro atoms. The molecule has 10 heteroatoms. The maximum absolute atomic E-state index is 11.6. The first-order valence-electron chi connectivity index (χ1n) is 9.42. The van der Waals surface area contributed by atoms with E-state index in [1.54, 1.807) is 14.2 Å². The summed E-state index contributed by atoms with van der Waals surface area (Å²) in [5, 5.41) is 17.7. The maximum atomic E-state index is 11.6. The Morgan fingerprint density at radius 2 is 1.97 bits per heavy atom. The molecule has 0 amide bonds. The second kappa shape index (κ2) is 9.87. The number of ether oxygens (including phenoxy) is 3. The Morgan fingerprint density at radius 3 is 2.62 bits per heavy atom. The van der Waals surface area contributed by atoms with Crippen LogP contribution in [0, 0.1) is 10.1 Å². The summed E-state index contributed by atoms with van der Waals surface area (Å²) in [4.78, 5) is 19.2. The van der Waals surface area contributed by atoms with Crippen LogP contribution in [0.3, 0.4) is 0 Å². The summed E-state index contributed by atoms with van der Waals surface area (Å²) >= 11 is 0. The van der Waals surface area contributed by atoms with Gasteiger partial charge in [-0.05, 0) is 37.0 Å². The van der Waals surface area contributed by atoms with Crippen molar-refractivity contribution in [1.29, 1.82) is 0 Å². The third kappa shape index (κ3) is 5.23. The van der Waals surface area contributed by atoms with Crippen molar-refractivity contribution in [2.24, 2.45) is 0 Å². The lowest BCUT2D eigenvalue weighted by Gasteiger charge is -2.13. The number of anilines is 2. The highest BCUT2D eigenvalue weighted by Crippen LogP contribution is 2.30. The predicted molar refractivity (Wildman–Crippen MR) is 108 cm³/mol. The molecule has 1 unspecified atom stereocenters. The molecule has 0 aliphatic carbocycles. The number of nitro groups is 1. The molecule has 2 aromatic rings. The minimum Gasteiger partial charge on any atom is -0.493 e. The molecule has 2 heterocycles. The van der Waals surface area contributed by atoms with Crippen LogP contribution in [0.2, 0.25) is 0 Å². The summed E-state index contributed by atoms with van der Waals surface area (Å²) in [7, 11) is 3.16. The molecule has 3 rings (SSSR count). The highest BCUT2D eigenvalue weighted by molar-refractivity contribution is 5.69. The zero-order valence-electron chi connectivity index (χ0n) is 16.5. The zero-order valence-corrected chi connectivity index (χ0v) is 16.5. The third-order valence-electron chi connectivity index (χ3n) is 4.68. The monoisotopic (exact) mass is 403 g/mol. The molecular formula is C19H25N5O5. The van der Waals surface area contributed by atoms with Gasteiger partial charge in [-0.1, -0.05) is 6.07 Å². The quantitative estimate of drug-likeness (QED) is 0.455. The summed E-state index contributed by atoms with van der Waals surface area (Å²) in [5.41, 5.74) is 0.835. The van der Waals surface area contributed by atoms with E-state index < -0.39 is 4.92 Å². The van der Waals surface area contributed by atoms with E-state index >= 15 is 0 Å². The Labute approximate surface area is 168 Å². The number of hydrogen-bond acceptors (Lipinski definition) is 9. The summed E-state index contributed by atoms with van der Waals surface area (Å²) in [6, 6.07) is 5.63. The predicted octanol–water partition coefficient (Wildman–Crippen LogP) is 2.65. The first kappa shape index (κ1) is 20.6. The van der Waals surface area contributed by atoms with Crippen LogP contribution in [-0.2, 0) is 11.2 Å². The number of benzene rings is 1. The van der Waals surface area contributed by atoms with Gasteiger partial charge >= 0.3 is 5.69 Å². The van der Waals surface area contributed by atoms with Crippen molar-refractivity contribution < 1.29 is 19.1 Å². The lowest BCUT2D eigenvalue weighted by Crippen LogP contribution is -2.20. The van der Waals surface area contributed by atoms with Crippen LogP contribution in [0.15, 0.2) is 24.5 Å². The van der Waals surface area contributed by atoms with Gasteiger partial charge in [-0.2, -0.15) is 0 Å². The summed E-state index contributed by atoms with van der Waals surface area (Å²) in [6.45, 7) is 1.66. The fourth-order valence-corrected chi connectivity index (χ4v) is 3.19. The van der Waals surface area contributed by atoms with Crippen molar-refractivity contribution in [2.75, 3.05) is 44.5 Å². The van der Waals surface area contributed by atoms with Crippen molar-refractivity contribution in [3.05, 3.63) is 40.2 Å². The molecule has 1 atom stereocenters. The molecule has 1 aliphatic heterocycles. The van der Waals surface area contributed by atoms with E-state index in [1.807, 2.05) is 18.2 Å². The molecule has 1 saturated heterocycles. The standard InChI is InChI=1S/C19H25N5O5/c1-27-15-6-5-13(10-16(15)28-2)7-8-20-18-17(24(25)26)19(23-12-22-18)21-11-14-4-3-9-29-14/h5-6,10,12,14H,3-4,7-9,11H2,1-2H3,(H2,20,21,22,23). The van der Waals surface area contributed by atoms with E-state index in [0.29, 0.717) is 31.0 Å². The van der Waals surface area contributed by atoms with Crippen LogP contribution in [0.1, 0.15) is 18.4 Å². The Bertz CT molecular complexity index is 842. The molecule has 10 nitrogen and oxygen atoms in total. The van der Waals surface area contributed by atoms with Crippen LogP contribution in [0.4, 0.5) is 17.3 Å². The molecular weight excluding hydrogens is 378 g/mol. The van der Waals surface area contributed by atoms with Gasteiger partial charge in [0.05, 0.1) is 25.2 Å². The summed E-state index contributed by atoms with van der Waals surface area (Å²) < 4.78 is 16.1. The molecule has 1 aromatic carbocycles. The number of nitrogens with one attached hydrogen (secondary N) is 2. The Kier molecular flexibility index (Phi) is 7.01. The molecule has 2 N–H and O–H groups in total.